The minimum atomic E-state index is -0.465. The van der Waals surface area contributed by atoms with Gasteiger partial charge in [0, 0.05) is 23.4 Å². The van der Waals surface area contributed by atoms with E-state index in [1.165, 1.54) is 17.8 Å². The fourth-order valence-electron chi connectivity index (χ4n) is 1.79. The third-order valence-corrected chi connectivity index (χ3v) is 4.42. The number of halogens is 3. The third-order valence-electron chi connectivity index (χ3n) is 2.74. The molecular weight excluding hydrogens is 383 g/mol. The predicted molar refractivity (Wildman–Crippen MR) is 91.8 cm³/mol. The summed E-state index contributed by atoms with van der Waals surface area (Å²) >= 11 is 12.9. The highest BCUT2D eigenvalue weighted by Gasteiger charge is 2.18. The number of hydrogen-bond donors (Lipinski definition) is 0. The Morgan fingerprint density at radius 1 is 1.04 bits per heavy atom. The van der Waals surface area contributed by atoms with Gasteiger partial charge in [0.2, 0.25) is 0 Å². The van der Waals surface area contributed by atoms with E-state index in [-0.39, 0.29) is 28.4 Å². The molecule has 0 aliphatic carbocycles. The van der Waals surface area contributed by atoms with Crippen LogP contribution in [0.25, 0.3) is 11.0 Å². The maximum absolute atomic E-state index is 11.3. The minimum Gasteiger partial charge on any atom is -0.265 e. The first-order chi connectivity index (χ1) is 10.5. The second-order valence-electron chi connectivity index (χ2n) is 4.16. The van der Waals surface area contributed by atoms with E-state index in [1.54, 1.807) is 30.6 Å². The normalized spacial score (nSPS) is 10.3. The lowest BCUT2D eigenvalue weighted by Gasteiger charge is -2.05. The average molecular weight is 390 g/mol. The molecule has 3 rings (SSSR count). The molecule has 3 aromatic rings. The van der Waals surface area contributed by atoms with Gasteiger partial charge < -0.3 is 0 Å². The number of fused-ring (bicyclic) bond motifs is 1. The second-order valence-corrected chi connectivity index (χ2v) is 5.99. The number of benzene rings is 1. The number of nitro groups is 1. The van der Waals surface area contributed by atoms with Crippen molar-refractivity contribution in [3.8, 4) is 0 Å². The smallest absolute Gasteiger partial charge is 0.265 e. The molecule has 23 heavy (non-hydrogen) atoms. The number of nitro benzene ring substituents is 1. The molecule has 0 amide bonds. The zero-order chi connectivity index (χ0) is 15.7. The lowest BCUT2D eigenvalue weighted by molar-refractivity contribution is -0.387. The Hall–Kier alpha value is -1.67. The van der Waals surface area contributed by atoms with E-state index in [2.05, 4.69) is 15.0 Å². The molecule has 6 nitrogen and oxygen atoms in total. The van der Waals surface area contributed by atoms with Crippen molar-refractivity contribution in [1.82, 2.24) is 15.0 Å². The van der Waals surface area contributed by atoms with Gasteiger partial charge in [-0.25, -0.2) is 9.97 Å². The van der Waals surface area contributed by atoms with Crippen molar-refractivity contribution in [2.24, 2.45) is 0 Å². The Morgan fingerprint density at radius 3 is 2.17 bits per heavy atom. The van der Waals surface area contributed by atoms with Crippen molar-refractivity contribution >= 4 is 64.1 Å². The van der Waals surface area contributed by atoms with Gasteiger partial charge in [-0.1, -0.05) is 35.0 Å². The SMILES string of the molecule is Cl.O=[N+]([O-])c1cc2nc(Cl)c(Cl)nc2cc1Sc1ccncc1. The Bertz CT molecular complexity index is 880. The highest BCUT2D eigenvalue weighted by atomic mass is 35.5. The summed E-state index contributed by atoms with van der Waals surface area (Å²) in [5.41, 5.74) is 0.693. The Balaban J connectivity index is 0.00000192. The molecule has 0 fully saturated rings. The molecule has 0 aliphatic rings. The molecule has 0 radical (unpaired) electrons. The molecule has 0 saturated heterocycles. The molecule has 0 N–H and O–H groups in total. The van der Waals surface area contributed by atoms with Crippen LogP contribution in [0.2, 0.25) is 10.3 Å². The highest BCUT2D eigenvalue weighted by Crippen LogP contribution is 2.37. The van der Waals surface area contributed by atoms with Crippen molar-refractivity contribution in [1.29, 1.82) is 0 Å². The first kappa shape index (κ1) is 17.7. The molecule has 118 valence electrons. The highest BCUT2D eigenvalue weighted by molar-refractivity contribution is 7.99. The van der Waals surface area contributed by atoms with E-state index < -0.39 is 4.92 Å². The summed E-state index contributed by atoms with van der Waals surface area (Å²) in [5, 5.41) is 11.4. The molecule has 0 atom stereocenters. The monoisotopic (exact) mass is 388 g/mol. The molecule has 2 heterocycles. The van der Waals surface area contributed by atoms with Crippen LogP contribution in [0, 0.1) is 10.1 Å². The van der Waals surface area contributed by atoms with Gasteiger partial charge in [-0.15, -0.1) is 12.4 Å². The van der Waals surface area contributed by atoms with Gasteiger partial charge in [0.05, 0.1) is 20.9 Å². The van der Waals surface area contributed by atoms with Gasteiger partial charge in [-0.05, 0) is 18.2 Å². The molecule has 0 spiro atoms. The molecule has 10 heteroatoms. The Labute approximate surface area is 150 Å². The number of rotatable bonds is 3. The number of hydrogen-bond acceptors (Lipinski definition) is 6. The van der Waals surface area contributed by atoms with Crippen molar-refractivity contribution in [3.05, 3.63) is 57.1 Å². The van der Waals surface area contributed by atoms with Gasteiger partial charge >= 0.3 is 0 Å². The number of nitrogens with zero attached hydrogens (tertiary/aromatic N) is 4. The van der Waals surface area contributed by atoms with E-state index in [0.717, 1.165) is 4.90 Å². The van der Waals surface area contributed by atoms with E-state index in [0.29, 0.717) is 15.9 Å². The summed E-state index contributed by atoms with van der Waals surface area (Å²) in [6.07, 6.45) is 3.23. The van der Waals surface area contributed by atoms with E-state index in [1.807, 2.05) is 0 Å². The summed E-state index contributed by atoms with van der Waals surface area (Å²) in [6.45, 7) is 0. The van der Waals surface area contributed by atoms with Crippen molar-refractivity contribution in [2.45, 2.75) is 9.79 Å². The first-order valence-electron chi connectivity index (χ1n) is 5.93. The molecule has 0 aliphatic heterocycles. The maximum atomic E-state index is 11.3. The van der Waals surface area contributed by atoms with Crippen LogP contribution in [0.5, 0.6) is 0 Å². The van der Waals surface area contributed by atoms with Crippen LogP contribution in [0.3, 0.4) is 0 Å². The topological polar surface area (TPSA) is 81.8 Å². The Morgan fingerprint density at radius 2 is 1.61 bits per heavy atom. The van der Waals surface area contributed by atoms with Crippen LogP contribution < -0.4 is 0 Å². The zero-order valence-corrected chi connectivity index (χ0v) is 14.3. The van der Waals surface area contributed by atoms with Crippen LogP contribution >= 0.6 is 47.4 Å². The van der Waals surface area contributed by atoms with Gasteiger partial charge in [0.1, 0.15) is 0 Å². The zero-order valence-electron chi connectivity index (χ0n) is 11.1. The largest absolute Gasteiger partial charge is 0.285 e. The fourth-order valence-corrected chi connectivity index (χ4v) is 2.97. The van der Waals surface area contributed by atoms with Gasteiger partial charge in [-0.2, -0.15) is 0 Å². The van der Waals surface area contributed by atoms with E-state index in [9.17, 15) is 10.1 Å². The standard InChI is InChI=1S/C13H6Cl2N4O2S.ClH/c14-12-13(15)18-9-6-11(22-7-1-3-16-4-2-7)10(19(20)21)5-8(9)17-12;/h1-6H;1H. The van der Waals surface area contributed by atoms with Gasteiger partial charge in [-0.3, -0.25) is 15.1 Å². The lowest BCUT2D eigenvalue weighted by atomic mass is 10.2. The van der Waals surface area contributed by atoms with E-state index >= 15 is 0 Å². The molecule has 2 aromatic heterocycles. The fraction of sp³-hybridized carbons (Fsp3) is 0. The van der Waals surface area contributed by atoms with Crippen LogP contribution in [0.15, 0.2) is 46.5 Å². The number of pyridine rings is 1. The van der Waals surface area contributed by atoms with Crippen LogP contribution in [0.4, 0.5) is 5.69 Å². The lowest BCUT2D eigenvalue weighted by Crippen LogP contribution is -1.94. The average Bonchev–Trinajstić information content (AvgIpc) is 2.49. The van der Waals surface area contributed by atoms with Crippen molar-refractivity contribution in [3.63, 3.8) is 0 Å². The number of aromatic nitrogens is 3. The summed E-state index contributed by atoms with van der Waals surface area (Å²) < 4.78 is 0. The van der Waals surface area contributed by atoms with Gasteiger partial charge in [0.25, 0.3) is 5.69 Å². The molecule has 0 saturated carbocycles. The summed E-state index contributed by atoms with van der Waals surface area (Å²) in [7, 11) is 0. The quantitative estimate of drug-likeness (QED) is 0.472. The third kappa shape index (κ3) is 3.81. The van der Waals surface area contributed by atoms with Crippen LogP contribution in [-0.4, -0.2) is 19.9 Å². The first-order valence-corrected chi connectivity index (χ1v) is 7.51. The van der Waals surface area contributed by atoms with E-state index in [4.69, 9.17) is 23.2 Å². The van der Waals surface area contributed by atoms with Crippen LogP contribution in [-0.2, 0) is 0 Å². The maximum Gasteiger partial charge on any atom is 0.285 e. The molecule has 0 bridgehead atoms. The molecular formula is C13H7Cl3N4O2S. The Kier molecular flexibility index (Phi) is 5.59. The van der Waals surface area contributed by atoms with Crippen molar-refractivity contribution in [2.75, 3.05) is 0 Å². The second kappa shape index (κ2) is 7.27. The summed E-state index contributed by atoms with van der Waals surface area (Å²) in [5.74, 6) is 0. The van der Waals surface area contributed by atoms with Crippen LogP contribution in [0.1, 0.15) is 0 Å². The van der Waals surface area contributed by atoms with Crippen molar-refractivity contribution < 1.29 is 4.92 Å². The molecule has 1 aromatic carbocycles. The molecule has 0 unspecified atom stereocenters. The summed E-state index contributed by atoms with van der Waals surface area (Å²) in [6, 6.07) is 6.44. The predicted octanol–water partition coefficient (Wildman–Crippen LogP) is 4.81. The van der Waals surface area contributed by atoms with Gasteiger partial charge in [0.15, 0.2) is 10.3 Å². The minimum absolute atomic E-state index is 0. The summed E-state index contributed by atoms with van der Waals surface area (Å²) in [4.78, 5) is 24.1.